The number of carbonyl (C=O) groups excluding carboxylic acids is 2. The predicted octanol–water partition coefficient (Wildman–Crippen LogP) is 2.40. The van der Waals surface area contributed by atoms with Crippen molar-refractivity contribution in [2.24, 2.45) is 0 Å². The van der Waals surface area contributed by atoms with E-state index in [-0.39, 0.29) is 24.6 Å². The zero-order valence-corrected chi connectivity index (χ0v) is 14.9. The molecule has 7 heteroatoms. The summed E-state index contributed by atoms with van der Waals surface area (Å²) in [5.74, 6) is -0.648. The lowest BCUT2D eigenvalue weighted by Crippen LogP contribution is -2.49. The highest BCUT2D eigenvalue weighted by molar-refractivity contribution is 5.94. The van der Waals surface area contributed by atoms with E-state index in [0.29, 0.717) is 17.6 Å². The zero-order valence-electron chi connectivity index (χ0n) is 14.9. The van der Waals surface area contributed by atoms with Crippen LogP contribution in [0.4, 0.5) is 0 Å². The molecule has 0 aliphatic carbocycles. The van der Waals surface area contributed by atoms with Crippen LogP contribution < -0.4 is 0 Å². The van der Waals surface area contributed by atoms with Crippen LogP contribution in [-0.4, -0.2) is 50.5 Å². The van der Waals surface area contributed by atoms with E-state index >= 15 is 0 Å². The van der Waals surface area contributed by atoms with Gasteiger partial charge in [0.2, 0.25) is 0 Å². The second kappa shape index (κ2) is 7.21. The molecule has 2 aromatic rings. The molecule has 0 saturated carbocycles. The number of fused-ring (bicyclic) bond motifs is 1. The second-order valence-electron chi connectivity index (χ2n) is 6.61. The Morgan fingerprint density at radius 3 is 2.64 bits per heavy atom. The van der Waals surface area contributed by atoms with E-state index in [4.69, 9.17) is 4.74 Å². The fraction of sp³-hybridized carbons (Fsp3) is 0.556. The molecule has 0 unspecified atom stereocenters. The first-order valence-corrected chi connectivity index (χ1v) is 8.82. The van der Waals surface area contributed by atoms with E-state index < -0.39 is 5.97 Å². The highest BCUT2D eigenvalue weighted by Crippen LogP contribution is 2.22. The fourth-order valence-corrected chi connectivity index (χ4v) is 3.53. The van der Waals surface area contributed by atoms with Crippen molar-refractivity contribution in [1.82, 2.24) is 19.9 Å². The summed E-state index contributed by atoms with van der Waals surface area (Å²) in [7, 11) is 0. The molecule has 25 heavy (non-hydrogen) atoms. The topological polar surface area (TPSA) is 77.3 Å². The number of esters is 1. The van der Waals surface area contributed by atoms with Crippen molar-refractivity contribution in [1.29, 1.82) is 0 Å². The highest BCUT2D eigenvalue weighted by atomic mass is 16.5. The smallest absolute Gasteiger partial charge is 0.338 e. The first kappa shape index (κ1) is 17.4. The molecule has 1 aliphatic rings. The van der Waals surface area contributed by atoms with Crippen LogP contribution in [0.15, 0.2) is 18.2 Å². The quantitative estimate of drug-likeness (QED) is 0.796. The molecule has 3 rings (SSSR count). The van der Waals surface area contributed by atoms with Crippen LogP contribution in [0.5, 0.6) is 0 Å². The number of amides is 1. The van der Waals surface area contributed by atoms with Gasteiger partial charge in [0.15, 0.2) is 6.61 Å². The van der Waals surface area contributed by atoms with Crippen LogP contribution in [0.3, 0.4) is 0 Å². The lowest BCUT2D eigenvalue weighted by molar-refractivity contribution is -0.140. The molecule has 2 heterocycles. The molecular formula is C18H24N4O3. The number of piperidine rings is 1. The molecule has 134 valence electrons. The van der Waals surface area contributed by atoms with Gasteiger partial charge in [0.05, 0.1) is 11.1 Å². The van der Waals surface area contributed by atoms with Crippen LogP contribution in [-0.2, 0) is 16.1 Å². The molecule has 1 amide bonds. The van der Waals surface area contributed by atoms with Gasteiger partial charge in [-0.3, -0.25) is 4.79 Å². The van der Waals surface area contributed by atoms with Crippen molar-refractivity contribution in [2.75, 3.05) is 6.61 Å². The third kappa shape index (κ3) is 3.50. The van der Waals surface area contributed by atoms with E-state index in [1.54, 1.807) is 22.9 Å². The Bertz CT molecular complexity index is 776. The third-order valence-corrected chi connectivity index (χ3v) is 4.86. The summed E-state index contributed by atoms with van der Waals surface area (Å²) in [4.78, 5) is 26.5. The van der Waals surface area contributed by atoms with Gasteiger partial charge in [0.1, 0.15) is 5.52 Å². The number of nitrogens with zero attached hydrogens (tertiary/aromatic N) is 4. The van der Waals surface area contributed by atoms with Crippen LogP contribution in [0.1, 0.15) is 50.4 Å². The molecule has 1 saturated heterocycles. The Morgan fingerprint density at radius 1 is 1.24 bits per heavy atom. The number of ether oxygens (including phenoxy) is 1. The minimum Gasteiger partial charge on any atom is -0.452 e. The average molecular weight is 344 g/mol. The minimum absolute atomic E-state index is 0.133. The van der Waals surface area contributed by atoms with E-state index in [2.05, 4.69) is 10.3 Å². The van der Waals surface area contributed by atoms with Crippen LogP contribution in [0, 0.1) is 0 Å². The average Bonchev–Trinajstić information content (AvgIpc) is 3.01. The summed E-state index contributed by atoms with van der Waals surface area (Å²) in [5.41, 5.74) is 1.88. The number of likely N-dealkylation sites (tertiary alicyclic amines) is 1. The summed E-state index contributed by atoms with van der Waals surface area (Å²) in [6, 6.07) is 5.50. The Hall–Kier alpha value is -2.44. The first-order chi connectivity index (χ1) is 12.0. The number of hydrogen-bond acceptors (Lipinski definition) is 5. The van der Waals surface area contributed by atoms with E-state index in [1.165, 1.54) is 0 Å². The largest absolute Gasteiger partial charge is 0.452 e. The van der Waals surface area contributed by atoms with E-state index in [0.717, 1.165) is 24.8 Å². The molecule has 2 atom stereocenters. The summed E-state index contributed by atoms with van der Waals surface area (Å²) < 4.78 is 6.99. The molecule has 0 spiro atoms. The molecule has 1 aliphatic heterocycles. The summed E-state index contributed by atoms with van der Waals surface area (Å²) in [6.45, 7) is 6.54. The molecule has 1 aromatic carbocycles. The summed E-state index contributed by atoms with van der Waals surface area (Å²) >= 11 is 0. The van der Waals surface area contributed by atoms with Crippen molar-refractivity contribution in [3.05, 3.63) is 23.8 Å². The highest BCUT2D eigenvalue weighted by Gasteiger charge is 2.29. The number of aryl methyl sites for hydroxylation is 1. The Labute approximate surface area is 146 Å². The van der Waals surface area contributed by atoms with Crippen LogP contribution in [0.2, 0.25) is 0 Å². The van der Waals surface area contributed by atoms with Gasteiger partial charge < -0.3 is 9.64 Å². The lowest BCUT2D eigenvalue weighted by Gasteiger charge is -2.38. The van der Waals surface area contributed by atoms with Gasteiger partial charge in [0, 0.05) is 18.6 Å². The monoisotopic (exact) mass is 344 g/mol. The number of hydrogen-bond donors (Lipinski definition) is 0. The van der Waals surface area contributed by atoms with Gasteiger partial charge in [-0.25, -0.2) is 9.48 Å². The third-order valence-electron chi connectivity index (χ3n) is 4.86. The molecule has 0 radical (unpaired) electrons. The Balaban J connectivity index is 1.65. The van der Waals surface area contributed by atoms with E-state index in [9.17, 15) is 9.59 Å². The Kier molecular flexibility index (Phi) is 5.01. The first-order valence-electron chi connectivity index (χ1n) is 8.82. The number of carbonyl (C=O) groups is 2. The van der Waals surface area contributed by atoms with Crippen molar-refractivity contribution < 1.29 is 14.3 Å². The van der Waals surface area contributed by atoms with Gasteiger partial charge in [-0.2, -0.15) is 0 Å². The Morgan fingerprint density at radius 2 is 1.96 bits per heavy atom. The molecular weight excluding hydrogens is 320 g/mol. The predicted molar refractivity (Wildman–Crippen MR) is 93.1 cm³/mol. The molecule has 1 fully saturated rings. The lowest BCUT2D eigenvalue weighted by atomic mass is 9.97. The summed E-state index contributed by atoms with van der Waals surface area (Å²) in [6.07, 6.45) is 3.12. The van der Waals surface area contributed by atoms with Crippen LogP contribution in [0.25, 0.3) is 11.0 Å². The van der Waals surface area contributed by atoms with Crippen molar-refractivity contribution in [2.45, 2.75) is 58.7 Å². The fourth-order valence-electron chi connectivity index (χ4n) is 3.53. The van der Waals surface area contributed by atoms with Gasteiger partial charge in [-0.05, 0) is 58.2 Å². The standard InChI is InChI=1S/C18H24N4O3/c1-4-21-16-9-8-14(10-15(16)19-20-21)18(24)25-11-17(23)22-12(2)6-5-7-13(22)3/h8-10,12-13H,4-7,11H2,1-3H3/t12-,13+. The minimum atomic E-state index is -0.515. The number of rotatable bonds is 4. The molecule has 1 aromatic heterocycles. The molecule has 7 nitrogen and oxygen atoms in total. The van der Waals surface area contributed by atoms with E-state index in [1.807, 2.05) is 25.7 Å². The van der Waals surface area contributed by atoms with Crippen molar-refractivity contribution in [3.63, 3.8) is 0 Å². The van der Waals surface area contributed by atoms with Crippen molar-refractivity contribution in [3.8, 4) is 0 Å². The van der Waals surface area contributed by atoms with Gasteiger partial charge in [-0.15, -0.1) is 5.10 Å². The molecule has 0 bridgehead atoms. The van der Waals surface area contributed by atoms with Gasteiger partial charge in [-0.1, -0.05) is 5.21 Å². The summed E-state index contributed by atoms with van der Waals surface area (Å²) in [5, 5.41) is 8.07. The zero-order chi connectivity index (χ0) is 18.0. The van der Waals surface area contributed by atoms with Crippen molar-refractivity contribution >= 4 is 22.9 Å². The second-order valence-corrected chi connectivity index (χ2v) is 6.61. The van der Waals surface area contributed by atoms with Gasteiger partial charge in [0.25, 0.3) is 5.91 Å². The van der Waals surface area contributed by atoms with Gasteiger partial charge >= 0.3 is 5.97 Å². The maximum absolute atomic E-state index is 12.4. The number of aromatic nitrogens is 3. The number of benzene rings is 1. The maximum Gasteiger partial charge on any atom is 0.338 e. The maximum atomic E-state index is 12.4. The van der Waals surface area contributed by atoms with Crippen LogP contribution >= 0.6 is 0 Å². The molecule has 0 N–H and O–H groups in total. The normalized spacial score (nSPS) is 20.7. The SMILES string of the molecule is CCn1nnc2cc(C(=O)OCC(=O)N3[C@H](C)CCC[C@@H]3C)ccc21.